The van der Waals surface area contributed by atoms with E-state index in [4.69, 9.17) is 15.6 Å². The van der Waals surface area contributed by atoms with E-state index < -0.39 is 0 Å². The molecule has 0 spiro atoms. The minimum Gasteiger partial charge on any atom is -0.479 e. The van der Waals surface area contributed by atoms with E-state index in [-0.39, 0.29) is 12.6 Å². The predicted octanol–water partition coefficient (Wildman–Crippen LogP) is 0.886. The third-order valence-corrected chi connectivity index (χ3v) is 2.61. The predicted molar refractivity (Wildman–Crippen MR) is 66.9 cm³/mol. The Balaban J connectivity index is 2.85. The van der Waals surface area contributed by atoms with E-state index in [0.717, 1.165) is 0 Å². The number of hydrogen-bond acceptors (Lipinski definition) is 6. The molecule has 1 aromatic rings. The number of methoxy groups -OCH3 is 1. The lowest BCUT2D eigenvalue weighted by atomic mass is 10.0. The molecule has 1 heterocycles. The van der Waals surface area contributed by atoms with Crippen LogP contribution in [0.5, 0.6) is 5.88 Å². The van der Waals surface area contributed by atoms with Crippen molar-refractivity contribution in [3.8, 4) is 5.88 Å². The molecule has 1 aromatic heterocycles. The number of aliphatic hydroxyl groups excluding tert-OH is 1. The minimum absolute atomic E-state index is 0.113. The molecule has 6 heteroatoms. The van der Waals surface area contributed by atoms with Crippen molar-refractivity contribution < 1.29 is 9.84 Å². The normalized spacial score (nSPS) is 12.5. The van der Waals surface area contributed by atoms with Gasteiger partial charge in [0.1, 0.15) is 12.0 Å². The zero-order valence-corrected chi connectivity index (χ0v) is 10.5. The largest absolute Gasteiger partial charge is 0.479 e. The highest BCUT2D eigenvalue weighted by Gasteiger charge is 2.16. The molecule has 0 aliphatic rings. The Morgan fingerprint density at radius 3 is 2.71 bits per heavy atom. The summed E-state index contributed by atoms with van der Waals surface area (Å²) in [6, 6.07) is 0.113. The van der Waals surface area contributed by atoms with Crippen molar-refractivity contribution in [3.05, 3.63) is 6.33 Å². The molecule has 0 aliphatic carbocycles. The van der Waals surface area contributed by atoms with Crippen molar-refractivity contribution >= 4 is 11.5 Å². The molecule has 1 rings (SSSR count). The molecule has 0 radical (unpaired) electrons. The fraction of sp³-hybridized carbons (Fsp3) is 0.636. The molecular weight excluding hydrogens is 220 g/mol. The molecule has 0 bridgehead atoms. The molecule has 17 heavy (non-hydrogen) atoms. The Morgan fingerprint density at radius 1 is 1.47 bits per heavy atom. The van der Waals surface area contributed by atoms with Gasteiger partial charge in [0.2, 0.25) is 5.88 Å². The van der Waals surface area contributed by atoms with E-state index >= 15 is 0 Å². The summed E-state index contributed by atoms with van der Waals surface area (Å²) in [6.07, 6.45) is 2.04. The van der Waals surface area contributed by atoms with Crippen molar-refractivity contribution in [3.63, 3.8) is 0 Å². The summed E-state index contributed by atoms with van der Waals surface area (Å²) >= 11 is 0. The average molecular weight is 240 g/mol. The quantitative estimate of drug-likeness (QED) is 0.683. The number of aliphatic hydroxyl groups is 1. The molecule has 1 unspecified atom stereocenters. The summed E-state index contributed by atoms with van der Waals surface area (Å²) < 4.78 is 5.02. The van der Waals surface area contributed by atoms with Crippen LogP contribution in [0.3, 0.4) is 0 Å². The smallest absolute Gasteiger partial charge is 0.242 e. The van der Waals surface area contributed by atoms with E-state index in [1.165, 1.54) is 13.4 Å². The fourth-order valence-electron chi connectivity index (χ4n) is 1.54. The third kappa shape index (κ3) is 3.45. The van der Waals surface area contributed by atoms with Crippen molar-refractivity contribution in [2.75, 3.05) is 24.8 Å². The van der Waals surface area contributed by atoms with Gasteiger partial charge >= 0.3 is 0 Å². The van der Waals surface area contributed by atoms with E-state index in [1.807, 2.05) is 0 Å². The first-order valence-electron chi connectivity index (χ1n) is 5.62. The molecule has 0 fully saturated rings. The number of hydrogen-bond donors (Lipinski definition) is 3. The first kappa shape index (κ1) is 13.5. The Labute approximate surface area is 101 Å². The van der Waals surface area contributed by atoms with Gasteiger partial charge in [-0.3, -0.25) is 0 Å². The highest BCUT2D eigenvalue weighted by atomic mass is 16.5. The summed E-state index contributed by atoms with van der Waals surface area (Å²) in [5.74, 6) is 1.26. The van der Waals surface area contributed by atoms with Crippen LogP contribution < -0.4 is 15.8 Å². The monoisotopic (exact) mass is 240 g/mol. The molecule has 4 N–H and O–H groups in total. The van der Waals surface area contributed by atoms with Crippen molar-refractivity contribution in [2.45, 2.75) is 26.3 Å². The minimum atomic E-state index is 0.113. The molecule has 96 valence electrons. The topological polar surface area (TPSA) is 93.3 Å². The first-order chi connectivity index (χ1) is 8.10. The van der Waals surface area contributed by atoms with E-state index in [0.29, 0.717) is 29.7 Å². The van der Waals surface area contributed by atoms with Crippen LogP contribution in [0, 0.1) is 5.92 Å². The SMILES string of the molecule is COc1ncnc(NC(CCO)C(C)C)c1N. The van der Waals surface area contributed by atoms with Gasteiger partial charge in [0, 0.05) is 12.6 Å². The standard InChI is InChI=1S/C11H20N4O2/c1-7(2)8(4-5-16)15-10-9(12)11(17-3)14-6-13-10/h6-8,16H,4-5,12H2,1-3H3,(H,13,14,15). The Kier molecular flexibility index (Phi) is 4.96. The zero-order chi connectivity index (χ0) is 12.8. The fourth-order valence-corrected chi connectivity index (χ4v) is 1.54. The van der Waals surface area contributed by atoms with Crippen LogP contribution in [0.4, 0.5) is 11.5 Å². The zero-order valence-electron chi connectivity index (χ0n) is 10.5. The maximum Gasteiger partial charge on any atom is 0.242 e. The highest BCUT2D eigenvalue weighted by molar-refractivity contribution is 5.66. The van der Waals surface area contributed by atoms with Gasteiger partial charge in [-0.15, -0.1) is 0 Å². The molecule has 0 saturated carbocycles. The molecular formula is C11H20N4O2. The second-order valence-electron chi connectivity index (χ2n) is 4.15. The van der Waals surface area contributed by atoms with Crippen LogP contribution in [0.1, 0.15) is 20.3 Å². The number of nitrogen functional groups attached to an aromatic ring is 1. The lowest BCUT2D eigenvalue weighted by Crippen LogP contribution is -2.27. The van der Waals surface area contributed by atoms with Gasteiger partial charge in [0.05, 0.1) is 7.11 Å². The summed E-state index contributed by atoms with van der Waals surface area (Å²) in [7, 11) is 1.51. The average Bonchev–Trinajstić information content (AvgIpc) is 2.30. The van der Waals surface area contributed by atoms with Gasteiger partial charge in [-0.1, -0.05) is 13.8 Å². The number of nitrogens with one attached hydrogen (secondary N) is 1. The van der Waals surface area contributed by atoms with Crippen LogP contribution in [0.25, 0.3) is 0 Å². The van der Waals surface area contributed by atoms with E-state index in [9.17, 15) is 0 Å². The van der Waals surface area contributed by atoms with E-state index in [2.05, 4.69) is 29.1 Å². The second kappa shape index (κ2) is 6.24. The van der Waals surface area contributed by atoms with Crippen LogP contribution in [-0.4, -0.2) is 34.8 Å². The van der Waals surface area contributed by atoms with E-state index in [1.54, 1.807) is 0 Å². The Hall–Kier alpha value is -1.56. The number of anilines is 2. The first-order valence-corrected chi connectivity index (χ1v) is 5.62. The van der Waals surface area contributed by atoms with Gasteiger partial charge < -0.3 is 20.9 Å². The third-order valence-electron chi connectivity index (χ3n) is 2.61. The lowest BCUT2D eigenvalue weighted by molar-refractivity contribution is 0.267. The number of nitrogens with zero attached hydrogens (tertiary/aromatic N) is 2. The Bertz CT molecular complexity index is 357. The lowest BCUT2D eigenvalue weighted by Gasteiger charge is -2.22. The van der Waals surface area contributed by atoms with Crippen molar-refractivity contribution in [1.29, 1.82) is 0 Å². The number of aromatic nitrogens is 2. The molecule has 0 amide bonds. The van der Waals surface area contributed by atoms with Gasteiger partial charge in [0.15, 0.2) is 5.82 Å². The maximum atomic E-state index is 9.00. The summed E-state index contributed by atoms with van der Waals surface area (Å²) in [5.41, 5.74) is 6.25. The molecule has 0 aliphatic heterocycles. The molecule has 1 atom stereocenters. The second-order valence-corrected chi connectivity index (χ2v) is 4.15. The Morgan fingerprint density at radius 2 is 2.18 bits per heavy atom. The summed E-state index contributed by atoms with van der Waals surface area (Å²) in [4.78, 5) is 7.99. The van der Waals surface area contributed by atoms with Crippen LogP contribution in [0.2, 0.25) is 0 Å². The molecule has 6 nitrogen and oxygen atoms in total. The maximum absolute atomic E-state index is 9.00. The highest BCUT2D eigenvalue weighted by Crippen LogP contribution is 2.25. The van der Waals surface area contributed by atoms with Crippen molar-refractivity contribution in [1.82, 2.24) is 9.97 Å². The summed E-state index contributed by atoms with van der Waals surface area (Å²) in [6.45, 7) is 4.27. The molecule has 0 saturated heterocycles. The van der Waals surface area contributed by atoms with Crippen LogP contribution >= 0.6 is 0 Å². The number of ether oxygens (including phenoxy) is 1. The van der Waals surface area contributed by atoms with Gasteiger partial charge in [-0.25, -0.2) is 4.98 Å². The summed E-state index contributed by atoms with van der Waals surface area (Å²) in [5, 5.41) is 12.2. The molecule has 0 aromatic carbocycles. The van der Waals surface area contributed by atoms with Gasteiger partial charge in [0.25, 0.3) is 0 Å². The number of nitrogens with two attached hydrogens (primary N) is 1. The van der Waals surface area contributed by atoms with Crippen molar-refractivity contribution in [2.24, 2.45) is 5.92 Å². The number of rotatable bonds is 6. The van der Waals surface area contributed by atoms with Crippen LogP contribution in [0.15, 0.2) is 6.33 Å². The van der Waals surface area contributed by atoms with Crippen LogP contribution in [-0.2, 0) is 0 Å². The van der Waals surface area contributed by atoms with Gasteiger partial charge in [-0.2, -0.15) is 4.98 Å². The van der Waals surface area contributed by atoms with Gasteiger partial charge in [-0.05, 0) is 12.3 Å².